The minimum Gasteiger partial charge on any atom is -0.408 e. The number of hydrogen-bond acceptors (Lipinski definition) is 6. The molecule has 0 aliphatic heterocycles. The van der Waals surface area contributed by atoms with Gasteiger partial charge >= 0.3 is 11.7 Å². The number of nitrogens with one attached hydrogen (secondary N) is 1. The summed E-state index contributed by atoms with van der Waals surface area (Å²) in [4.78, 5) is 12.1. The van der Waals surface area contributed by atoms with E-state index in [1.165, 1.54) is 6.92 Å². The van der Waals surface area contributed by atoms with E-state index in [4.69, 9.17) is 4.42 Å². The van der Waals surface area contributed by atoms with Gasteiger partial charge in [0.2, 0.25) is 15.9 Å². The number of benzene rings is 1. The zero-order valence-corrected chi connectivity index (χ0v) is 15.9. The first-order chi connectivity index (χ1) is 13.1. The van der Waals surface area contributed by atoms with Crippen LogP contribution in [0.3, 0.4) is 0 Å². The predicted octanol–water partition coefficient (Wildman–Crippen LogP) is 1.42. The maximum atomic E-state index is 14.7. The first kappa shape index (κ1) is 18.7. The van der Waals surface area contributed by atoms with Crippen LogP contribution >= 0.6 is 0 Å². The molecule has 1 saturated carbocycles. The summed E-state index contributed by atoms with van der Waals surface area (Å²) in [7, 11) is -4.18. The highest BCUT2D eigenvalue weighted by molar-refractivity contribution is 7.89. The van der Waals surface area contributed by atoms with E-state index in [1.807, 2.05) is 0 Å². The molecule has 0 amide bonds. The molecule has 0 saturated heterocycles. The Labute approximate surface area is 158 Å². The summed E-state index contributed by atoms with van der Waals surface area (Å²) in [6.07, 6.45) is 1.30. The minimum absolute atomic E-state index is 0.0184. The van der Waals surface area contributed by atoms with Crippen LogP contribution in [0.1, 0.15) is 25.7 Å². The van der Waals surface area contributed by atoms with Gasteiger partial charge in [-0.1, -0.05) is 5.10 Å². The number of rotatable bonds is 6. The fourth-order valence-corrected chi connectivity index (χ4v) is 4.54. The predicted molar refractivity (Wildman–Crippen MR) is 94.0 cm³/mol. The normalized spacial score (nSPS) is 16.0. The molecule has 1 N–H and O–H groups in total. The summed E-state index contributed by atoms with van der Waals surface area (Å²) in [6.45, 7) is 2.02. The van der Waals surface area contributed by atoms with Crippen molar-refractivity contribution in [3.05, 3.63) is 34.3 Å². The lowest BCUT2D eigenvalue weighted by Crippen LogP contribution is -2.34. The highest BCUT2D eigenvalue weighted by Gasteiger charge is 2.42. The van der Waals surface area contributed by atoms with E-state index in [1.54, 1.807) is 6.92 Å². The summed E-state index contributed by atoms with van der Waals surface area (Å²) in [5.74, 6) is -0.873. The molecule has 3 aromatic rings. The summed E-state index contributed by atoms with van der Waals surface area (Å²) in [5.41, 5.74) is -1.31. The number of alkyl halides is 1. The Morgan fingerprint density at radius 1 is 1.29 bits per heavy atom. The number of halogens is 2. The standard InChI is InChI=1S/C16H17F2N5O4S/c1-9-19-20-14(27-9)23-12-8-13(28(25,26)21-16(2)3-4-16)10(18)7-11(12)22(6-5-17)15(23)24/h7-8,21H,3-6H2,1-2H3. The van der Waals surface area contributed by atoms with Crippen LogP contribution in [0.25, 0.3) is 17.0 Å². The summed E-state index contributed by atoms with van der Waals surface area (Å²) < 4.78 is 62.6. The molecule has 2 aromatic heterocycles. The van der Waals surface area contributed by atoms with Gasteiger partial charge < -0.3 is 4.42 Å². The van der Waals surface area contributed by atoms with Gasteiger partial charge in [-0.25, -0.2) is 31.3 Å². The third-order valence-electron chi connectivity index (χ3n) is 4.67. The number of sulfonamides is 1. The van der Waals surface area contributed by atoms with E-state index < -0.39 is 38.6 Å². The Balaban J connectivity index is 1.98. The number of fused-ring (bicyclic) bond motifs is 1. The second kappa shape index (κ2) is 6.21. The molecule has 28 heavy (non-hydrogen) atoms. The lowest BCUT2D eigenvalue weighted by Gasteiger charge is -2.13. The smallest absolute Gasteiger partial charge is 0.337 e. The van der Waals surface area contributed by atoms with E-state index in [9.17, 15) is 22.0 Å². The fraction of sp³-hybridized carbons (Fsp3) is 0.438. The van der Waals surface area contributed by atoms with Crippen molar-refractivity contribution in [2.75, 3.05) is 6.67 Å². The van der Waals surface area contributed by atoms with Crippen molar-refractivity contribution in [3.63, 3.8) is 0 Å². The van der Waals surface area contributed by atoms with Crippen molar-refractivity contribution in [2.45, 2.75) is 43.7 Å². The molecular formula is C16H17F2N5O4S. The molecule has 0 atom stereocenters. The summed E-state index contributed by atoms with van der Waals surface area (Å²) in [5, 5.41) is 7.41. The highest BCUT2D eigenvalue weighted by Crippen LogP contribution is 2.36. The van der Waals surface area contributed by atoms with Crippen molar-refractivity contribution in [2.24, 2.45) is 0 Å². The highest BCUT2D eigenvalue weighted by atomic mass is 32.2. The Kier molecular flexibility index (Phi) is 4.16. The molecule has 1 aliphatic carbocycles. The topological polar surface area (TPSA) is 112 Å². The van der Waals surface area contributed by atoms with Crippen LogP contribution in [-0.2, 0) is 16.6 Å². The quantitative estimate of drug-likeness (QED) is 0.654. The lowest BCUT2D eigenvalue weighted by molar-refractivity contribution is 0.440. The van der Waals surface area contributed by atoms with Gasteiger partial charge in [0.15, 0.2) is 0 Å². The van der Waals surface area contributed by atoms with E-state index >= 15 is 0 Å². The van der Waals surface area contributed by atoms with Gasteiger partial charge in [-0.3, -0.25) is 4.57 Å². The van der Waals surface area contributed by atoms with Crippen LogP contribution in [0, 0.1) is 12.7 Å². The van der Waals surface area contributed by atoms with Crippen LogP contribution in [0.4, 0.5) is 8.78 Å². The third kappa shape index (κ3) is 3.02. The van der Waals surface area contributed by atoms with E-state index in [2.05, 4.69) is 14.9 Å². The van der Waals surface area contributed by atoms with Crippen LogP contribution in [0.5, 0.6) is 0 Å². The Hall–Kier alpha value is -2.60. The van der Waals surface area contributed by atoms with Gasteiger partial charge in [0, 0.05) is 18.5 Å². The van der Waals surface area contributed by atoms with Gasteiger partial charge in [-0.2, -0.15) is 0 Å². The monoisotopic (exact) mass is 413 g/mol. The number of hydrogen-bond donors (Lipinski definition) is 1. The van der Waals surface area contributed by atoms with E-state index in [0.29, 0.717) is 12.8 Å². The average molecular weight is 413 g/mol. The van der Waals surface area contributed by atoms with E-state index in [0.717, 1.165) is 21.3 Å². The average Bonchev–Trinajstić information content (AvgIpc) is 3.06. The molecule has 0 radical (unpaired) electrons. The molecular weight excluding hydrogens is 396 g/mol. The molecule has 12 heteroatoms. The van der Waals surface area contributed by atoms with Crippen molar-refractivity contribution in [1.29, 1.82) is 0 Å². The van der Waals surface area contributed by atoms with Gasteiger partial charge in [-0.15, -0.1) is 5.10 Å². The van der Waals surface area contributed by atoms with Crippen molar-refractivity contribution < 1.29 is 21.6 Å². The van der Waals surface area contributed by atoms with Crippen LogP contribution in [0.2, 0.25) is 0 Å². The first-order valence-electron chi connectivity index (χ1n) is 8.50. The zero-order chi connectivity index (χ0) is 20.3. The third-order valence-corrected chi connectivity index (χ3v) is 6.32. The van der Waals surface area contributed by atoms with Crippen LogP contribution in [0.15, 0.2) is 26.2 Å². The SMILES string of the molecule is Cc1nnc(-n2c(=O)n(CCF)c3cc(F)c(S(=O)(=O)NC4(C)CC4)cc32)o1. The Morgan fingerprint density at radius 2 is 2.00 bits per heavy atom. The summed E-state index contributed by atoms with van der Waals surface area (Å²) in [6, 6.07) is 1.70. The molecule has 1 fully saturated rings. The molecule has 9 nitrogen and oxygen atoms in total. The summed E-state index contributed by atoms with van der Waals surface area (Å²) >= 11 is 0. The van der Waals surface area contributed by atoms with Crippen LogP contribution in [-0.4, -0.2) is 40.0 Å². The van der Waals surface area contributed by atoms with Gasteiger partial charge in [0.1, 0.15) is 17.4 Å². The van der Waals surface area contributed by atoms with Crippen molar-refractivity contribution in [1.82, 2.24) is 24.1 Å². The molecule has 0 bridgehead atoms. The Bertz CT molecular complexity index is 1240. The molecule has 1 aliphatic rings. The largest absolute Gasteiger partial charge is 0.408 e. The number of nitrogens with zero attached hydrogens (tertiary/aromatic N) is 4. The number of aryl methyl sites for hydroxylation is 2. The van der Waals surface area contributed by atoms with Gasteiger partial charge in [0.05, 0.1) is 17.6 Å². The molecule has 2 heterocycles. The molecule has 150 valence electrons. The number of aromatic nitrogens is 4. The fourth-order valence-electron chi connectivity index (χ4n) is 2.99. The molecule has 4 rings (SSSR count). The van der Waals surface area contributed by atoms with E-state index in [-0.39, 0.29) is 29.5 Å². The molecule has 1 aromatic carbocycles. The second-order valence-corrected chi connectivity index (χ2v) is 8.65. The minimum atomic E-state index is -4.18. The Morgan fingerprint density at radius 3 is 2.57 bits per heavy atom. The van der Waals surface area contributed by atoms with Gasteiger partial charge in [0.25, 0.3) is 0 Å². The molecule has 0 spiro atoms. The van der Waals surface area contributed by atoms with Crippen molar-refractivity contribution >= 4 is 21.1 Å². The van der Waals surface area contributed by atoms with Crippen molar-refractivity contribution in [3.8, 4) is 6.01 Å². The number of imidazole rings is 1. The maximum Gasteiger partial charge on any atom is 0.337 e. The zero-order valence-electron chi connectivity index (χ0n) is 15.1. The molecule has 0 unspecified atom stereocenters. The first-order valence-corrected chi connectivity index (χ1v) is 9.99. The second-order valence-electron chi connectivity index (χ2n) is 7.00. The maximum absolute atomic E-state index is 14.7. The van der Waals surface area contributed by atoms with Crippen LogP contribution < -0.4 is 10.4 Å². The van der Waals surface area contributed by atoms with Gasteiger partial charge in [-0.05, 0) is 25.8 Å². The lowest BCUT2D eigenvalue weighted by atomic mass is 10.3.